The first-order valence-electron chi connectivity index (χ1n) is 9.14. The number of hydrogen-bond acceptors (Lipinski definition) is 6. The first-order valence-corrected chi connectivity index (χ1v) is 9.96. The maximum Gasteiger partial charge on any atom is 0.229 e. The molecular formula is C18H25N3O4S. The van der Waals surface area contributed by atoms with Crippen molar-refractivity contribution in [2.24, 2.45) is 11.8 Å². The normalized spacial score (nSPS) is 20.8. The van der Waals surface area contributed by atoms with E-state index in [1.807, 2.05) is 6.92 Å². The summed E-state index contributed by atoms with van der Waals surface area (Å²) in [6.07, 6.45) is 4.28. The van der Waals surface area contributed by atoms with E-state index in [1.165, 1.54) is 11.3 Å². The molecule has 1 aromatic heterocycles. The molecule has 2 atom stereocenters. The van der Waals surface area contributed by atoms with Crippen LogP contribution in [0.3, 0.4) is 0 Å². The molecule has 0 aliphatic heterocycles. The van der Waals surface area contributed by atoms with Crippen molar-refractivity contribution in [3.63, 3.8) is 0 Å². The number of rotatable bonds is 7. The lowest BCUT2D eigenvalue weighted by Crippen LogP contribution is -2.43. The van der Waals surface area contributed by atoms with Crippen LogP contribution in [0.2, 0.25) is 0 Å². The van der Waals surface area contributed by atoms with Crippen LogP contribution in [0.1, 0.15) is 54.4 Å². The van der Waals surface area contributed by atoms with Gasteiger partial charge in [-0.15, -0.1) is 0 Å². The molecule has 0 aromatic carbocycles. The highest BCUT2D eigenvalue weighted by Gasteiger charge is 2.34. The molecule has 2 unspecified atom stereocenters. The van der Waals surface area contributed by atoms with Crippen LogP contribution in [0.25, 0.3) is 0 Å². The molecule has 2 N–H and O–H groups in total. The van der Waals surface area contributed by atoms with Gasteiger partial charge in [0.15, 0.2) is 10.9 Å². The van der Waals surface area contributed by atoms with Crippen LogP contribution in [0, 0.1) is 11.8 Å². The van der Waals surface area contributed by atoms with Crippen molar-refractivity contribution in [1.29, 1.82) is 0 Å². The van der Waals surface area contributed by atoms with E-state index in [9.17, 15) is 14.4 Å². The van der Waals surface area contributed by atoms with E-state index in [2.05, 4.69) is 15.6 Å². The van der Waals surface area contributed by atoms with Crippen LogP contribution in [-0.4, -0.2) is 42.3 Å². The Labute approximate surface area is 156 Å². The molecule has 2 aliphatic carbocycles. The summed E-state index contributed by atoms with van der Waals surface area (Å²) in [6.45, 7) is 2.42. The number of ether oxygens (including phenoxy) is 1. The molecule has 1 heterocycles. The number of fused-ring (bicyclic) bond motifs is 1. The summed E-state index contributed by atoms with van der Waals surface area (Å²) in [5, 5.41) is 6.24. The Morgan fingerprint density at radius 1 is 1.27 bits per heavy atom. The van der Waals surface area contributed by atoms with Gasteiger partial charge in [0.1, 0.15) is 0 Å². The molecule has 142 valence electrons. The fourth-order valence-electron chi connectivity index (χ4n) is 3.23. The number of ketones is 1. The SMILES string of the molecule is CCC(COC)NC(=O)C1CC(=O)c2sc(NC(=O)C3CCC3)nc2C1. The van der Waals surface area contributed by atoms with Crippen molar-refractivity contribution in [1.82, 2.24) is 10.3 Å². The Morgan fingerprint density at radius 3 is 2.65 bits per heavy atom. The molecule has 26 heavy (non-hydrogen) atoms. The number of nitrogens with zero attached hydrogens (tertiary/aromatic N) is 1. The van der Waals surface area contributed by atoms with E-state index >= 15 is 0 Å². The number of amides is 2. The summed E-state index contributed by atoms with van der Waals surface area (Å²) < 4.78 is 5.10. The fraction of sp³-hybridized carbons (Fsp3) is 0.667. The zero-order valence-corrected chi connectivity index (χ0v) is 16.0. The Hall–Kier alpha value is -1.80. The predicted molar refractivity (Wildman–Crippen MR) is 98.3 cm³/mol. The molecule has 7 nitrogen and oxygen atoms in total. The molecule has 1 aromatic rings. The van der Waals surface area contributed by atoms with Gasteiger partial charge in [0.25, 0.3) is 0 Å². The lowest BCUT2D eigenvalue weighted by molar-refractivity contribution is -0.126. The summed E-state index contributed by atoms with van der Waals surface area (Å²) in [7, 11) is 1.60. The molecule has 3 rings (SSSR count). The quantitative estimate of drug-likeness (QED) is 0.757. The van der Waals surface area contributed by atoms with E-state index in [0.29, 0.717) is 28.7 Å². The average molecular weight is 379 g/mol. The molecule has 1 fully saturated rings. The second-order valence-electron chi connectivity index (χ2n) is 7.01. The van der Waals surface area contributed by atoms with Gasteiger partial charge < -0.3 is 15.4 Å². The Balaban J connectivity index is 1.64. The van der Waals surface area contributed by atoms with Gasteiger partial charge in [-0.2, -0.15) is 0 Å². The van der Waals surface area contributed by atoms with Gasteiger partial charge in [0, 0.05) is 25.9 Å². The second kappa shape index (κ2) is 8.26. The van der Waals surface area contributed by atoms with Gasteiger partial charge in [-0.05, 0) is 19.3 Å². The largest absolute Gasteiger partial charge is 0.383 e. The van der Waals surface area contributed by atoms with Gasteiger partial charge in [-0.3, -0.25) is 14.4 Å². The lowest BCUT2D eigenvalue weighted by Gasteiger charge is -2.23. The van der Waals surface area contributed by atoms with E-state index < -0.39 is 5.92 Å². The van der Waals surface area contributed by atoms with Crippen LogP contribution in [0.4, 0.5) is 5.13 Å². The van der Waals surface area contributed by atoms with Gasteiger partial charge >= 0.3 is 0 Å². The van der Waals surface area contributed by atoms with Crippen molar-refractivity contribution < 1.29 is 19.1 Å². The van der Waals surface area contributed by atoms with Crippen molar-refractivity contribution in [3.8, 4) is 0 Å². The van der Waals surface area contributed by atoms with Crippen molar-refractivity contribution in [3.05, 3.63) is 10.6 Å². The van der Waals surface area contributed by atoms with Crippen LogP contribution in [-0.2, 0) is 20.7 Å². The third kappa shape index (κ3) is 4.12. The van der Waals surface area contributed by atoms with Gasteiger partial charge in [0.05, 0.1) is 29.1 Å². The first kappa shape index (κ1) is 19.0. The number of nitrogens with one attached hydrogen (secondary N) is 2. The molecule has 2 aliphatic rings. The molecule has 1 saturated carbocycles. The predicted octanol–water partition coefficient (Wildman–Crippen LogP) is 2.17. The molecule has 0 bridgehead atoms. The van der Waals surface area contributed by atoms with Crippen molar-refractivity contribution in [2.45, 2.75) is 51.5 Å². The van der Waals surface area contributed by atoms with Crippen LogP contribution < -0.4 is 10.6 Å². The number of anilines is 1. The number of carbonyl (C=O) groups excluding carboxylic acids is 3. The molecular weight excluding hydrogens is 354 g/mol. The lowest BCUT2D eigenvalue weighted by atomic mass is 9.85. The molecule has 0 spiro atoms. The van der Waals surface area contributed by atoms with Crippen LogP contribution in [0.15, 0.2) is 0 Å². The minimum atomic E-state index is -0.418. The fourth-order valence-corrected chi connectivity index (χ4v) is 4.17. The second-order valence-corrected chi connectivity index (χ2v) is 8.01. The molecule has 0 radical (unpaired) electrons. The minimum Gasteiger partial charge on any atom is -0.383 e. The van der Waals surface area contributed by atoms with Crippen LogP contribution >= 0.6 is 11.3 Å². The summed E-state index contributed by atoms with van der Waals surface area (Å²) in [6, 6.07) is -0.0586. The van der Waals surface area contributed by atoms with Gasteiger partial charge in [-0.25, -0.2) is 4.98 Å². The average Bonchev–Trinajstić information content (AvgIpc) is 2.95. The van der Waals surface area contributed by atoms with Crippen LogP contribution in [0.5, 0.6) is 0 Å². The number of thiazole rings is 1. The van der Waals surface area contributed by atoms with E-state index in [-0.39, 0.29) is 36.0 Å². The number of methoxy groups -OCH3 is 1. The highest BCUT2D eigenvalue weighted by atomic mass is 32.1. The minimum absolute atomic E-state index is 0.0190. The topological polar surface area (TPSA) is 97.4 Å². The molecule has 8 heteroatoms. The Morgan fingerprint density at radius 2 is 2.04 bits per heavy atom. The smallest absolute Gasteiger partial charge is 0.229 e. The number of carbonyl (C=O) groups is 3. The van der Waals surface area contributed by atoms with Gasteiger partial charge in [0.2, 0.25) is 11.8 Å². The molecule has 0 saturated heterocycles. The van der Waals surface area contributed by atoms with E-state index in [1.54, 1.807) is 7.11 Å². The first-order chi connectivity index (χ1) is 12.5. The zero-order chi connectivity index (χ0) is 18.7. The Bertz CT molecular complexity index is 699. The van der Waals surface area contributed by atoms with Crippen molar-refractivity contribution in [2.75, 3.05) is 19.0 Å². The Kier molecular flexibility index (Phi) is 6.03. The number of aromatic nitrogens is 1. The maximum absolute atomic E-state index is 12.5. The zero-order valence-electron chi connectivity index (χ0n) is 15.2. The summed E-state index contributed by atoms with van der Waals surface area (Å²) >= 11 is 1.22. The third-order valence-corrected chi connectivity index (χ3v) is 6.16. The highest BCUT2D eigenvalue weighted by Crippen LogP contribution is 2.34. The standard InChI is InChI=1S/C18H25N3O4S/c1-3-12(9-25-2)19-17(24)11-7-13-15(14(22)8-11)26-18(20-13)21-16(23)10-5-4-6-10/h10-12H,3-9H2,1-2H3,(H,19,24)(H,20,21,23). The summed E-state index contributed by atoms with van der Waals surface area (Å²) in [5.41, 5.74) is 0.620. The third-order valence-electron chi connectivity index (χ3n) is 5.11. The summed E-state index contributed by atoms with van der Waals surface area (Å²) in [5.74, 6) is -0.585. The number of Topliss-reactive ketones (excluding diaryl/α,β-unsaturated/α-hetero) is 1. The summed E-state index contributed by atoms with van der Waals surface area (Å²) in [4.78, 5) is 42.0. The van der Waals surface area contributed by atoms with Gasteiger partial charge in [-0.1, -0.05) is 24.7 Å². The monoisotopic (exact) mass is 379 g/mol. The highest BCUT2D eigenvalue weighted by molar-refractivity contribution is 7.17. The molecule has 2 amide bonds. The van der Waals surface area contributed by atoms with Crippen molar-refractivity contribution >= 4 is 34.1 Å². The number of hydrogen-bond donors (Lipinski definition) is 2. The van der Waals surface area contributed by atoms with E-state index in [4.69, 9.17) is 4.74 Å². The van der Waals surface area contributed by atoms with E-state index in [0.717, 1.165) is 25.7 Å². The maximum atomic E-state index is 12.5.